The van der Waals surface area contributed by atoms with Crippen LogP contribution in [0.4, 0.5) is 0 Å². The summed E-state index contributed by atoms with van der Waals surface area (Å²) in [6, 6.07) is 0.633. The van der Waals surface area contributed by atoms with E-state index in [1.165, 1.54) is 32.2 Å². The number of hydrogen-bond donors (Lipinski definition) is 2. The molecule has 2 atom stereocenters. The Hall–Kier alpha value is -0.120. The standard InChI is InChI=1S/C15H30N2O/c1-12(2)17(10-13-5-6-13)9-7-14-4-3-8-15(14,16)11-18/h12-14,18H,3-11,16H2,1-2H3. The molecule has 18 heavy (non-hydrogen) atoms. The minimum atomic E-state index is -0.289. The lowest BCUT2D eigenvalue weighted by Crippen LogP contribution is -2.48. The third-order valence-electron chi connectivity index (χ3n) is 4.99. The van der Waals surface area contributed by atoms with Crippen LogP contribution in [0.25, 0.3) is 0 Å². The van der Waals surface area contributed by atoms with Crippen LogP contribution >= 0.6 is 0 Å². The van der Waals surface area contributed by atoms with Gasteiger partial charge in [0.1, 0.15) is 0 Å². The van der Waals surface area contributed by atoms with Gasteiger partial charge in [-0.1, -0.05) is 6.42 Å². The van der Waals surface area contributed by atoms with Gasteiger partial charge in [0.05, 0.1) is 6.61 Å². The van der Waals surface area contributed by atoms with Gasteiger partial charge in [0.2, 0.25) is 0 Å². The number of nitrogens with zero attached hydrogens (tertiary/aromatic N) is 1. The third-order valence-corrected chi connectivity index (χ3v) is 4.99. The van der Waals surface area contributed by atoms with Crippen LogP contribution in [0.3, 0.4) is 0 Å². The predicted molar refractivity (Wildman–Crippen MR) is 75.4 cm³/mol. The number of aliphatic hydroxyl groups excluding tert-OH is 1. The highest BCUT2D eigenvalue weighted by molar-refractivity contribution is 4.96. The Labute approximate surface area is 112 Å². The molecule has 2 aliphatic carbocycles. The summed E-state index contributed by atoms with van der Waals surface area (Å²) >= 11 is 0. The predicted octanol–water partition coefficient (Wildman–Crippen LogP) is 1.99. The lowest BCUT2D eigenvalue weighted by Gasteiger charge is -2.33. The molecular weight excluding hydrogens is 224 g/mol. The van der Waals surface area contributed by atoms with Gasteiger partial charge in [0.15, 0.2) is 0 Å². The summed E-state index contributed by atoms with van der Waals surface area (Å²) in [5, 5.41) is 9.49. The summed E-state index contributed by atoms with van der Waals surface area (Å²) in [6.07, 6.45) is 7.38. The van der Waals surface area contributed by atoms with E-state index in [4.69, 9.17) is 5.73 Å². The van der Waals surface area contributed by atoms with Crippen LogP contribution in [0.5, 0.6) is 0 Å². The molecule has 2 aliphatic rings. The van der Waals surface area contributed by atoms with E-state index in [9.17, 15) is 5.11 Å². The van der Waals surface area contributed by atoms with Gasteiger partial charge in [0.25, 0.3) is 0 Å². The fourth-order valence-electron chi connectivity index (χ4n) is 3.32. The first-order valence-electron chi connectivity index (χ1n) is 7.69. The first-order chi connectivity index (χ1) is 8.55. The van der Waals surface area contributed by atoms with Crippen molar-refractivity contribution in [2.45, 2.75) is 64.0 Å². The quantitative estimate of drug-likeness (QED) is 0.730. The fraction of sp³-hybridized carbons (Fsp3) is 1.00. The Balaban J connectivity index is 1.80. The first kappa shape index (κ1) is 14.3. The van der Waals surface area contributed by atoms with Crippen molar-refractivity contribution in [3.63, 3.8) is 0 Å². The number of rotatable bonds is 7. The summed E-state index contributed by atoms with van der Waals surface area (Å²) < 4.78 is 0. The molecule has 2 unspecified atom stereocenters. The molecule has 0 aromatic heterocycles. The summed E-state index contributed by atoms with van der Waals surface area (Å²) in [5.74, 6) is 1.47. The van der Waals surface area contributed by atoms with Crippen LogP contribution in [0.1, 0.15) is 52.4 Å². The molecule has 0 bridgehead atoms. The molecule has 0 spiro atoms. The Morgan fingerprint density at radius 3 is 2.61 bits per heavy atom. The molecule has 3 nitrogen and oxygen atoms in total. The second-order valence-corrected chi connectivity index (χ2v) is 6.80. The molecule has 0 aromatic carbocycles. The lowest BCUT2D eigenvalue weighted by molar-refractivity contribution is 0.135. The lowest BCUT2D eigenvalue weighted by atomic mass is 9.86. The molecule has 0 radical (unpaired) electrons. The molecule has 0 aromatic rings. The van der Waals surface area contributed by atoms with Crippen LogP contribution in [-0.2, 0) is 0 Å². The van der Waals surface area contributed by atoms with E-state index >= 15 is 0 Å². The van der Waals surface area contributed by atoms with Gasteiger partial charge in [0, 0.05) is 18.1 Å². The van der Waals surface area contributed by atoms with Crippen LogP contribution in [0, 0.1) is 11.8 Å². The molecule has 0 saturated heterocycles. The van der Waals surface area contributed by atoms with Crippen molar-refractivity contribution in [1.29, 1.82) is 0 Å². The zero-order valence-corrected chi connectivity index (χ0v) is 12.1. The highest BCUT2D eigenvalue weighted by Crippen LogP contribution is 2.36. The van der Waals surface area contributed by atoms with Crippen molar-refractivity contribution in [1.82, 2.24) is 4.90 Å². The van der Waals surface area contributed by atoms with E-state index in [-0.39, 0.29) is 12.1 Å². The van der Waals surface area contributed by atoms with Gasteiger partial charge < -0.3 is 15.7 Å². The van der Waals surface area contributed by atoms with Gasteiger partial charge >= 0.3 is 0 Å². The minimum absolute atomic E-state index is 0.155. The molecule has 3 heteroatoms. The van der Waals surface area contributed by atoms with Gasteiger partial charge in [-0.3, -0.25) is 0 Å². The number of hydrogen-bond acceptors (Lipinski definition) is 3. The molecule has 0 aliphatic heterocycles. The second kappa shape index (κ2) is 5.89. The molecule has 2 saturated carbocycles. The topological polar surface area (TPSA) is 49.5 Å². The maximum Gasteiger partial charge on any atom is 0.0613 e. The van der Waals surface area contributed by atoms with Crippen LogP contribution in [0.15, 0.2) is 0 Å². The van der Waals surface area contributed by atoms with Crippen molar-refractivity contribution in [2.24, 2.45) is 17.6 Å². The van der Waals surface area contributed by atoms with Gasteiger partial charge in [-0.15, -0.1) is 0 Å². The molecular formula is C15H30N2O. The Kier molecular flexibility index (Phi) is 4.68. The molecule has 3 N–H and O–H groups in total. The third kappa shape index (κ3) is 3.46. The number of aliphatic hydroxyl groups is 1. The molecule has 106 valence electrons. The van der Waals surface area contributed by atoms with Crippen LogP contribution < -0.4 is 5.73 Å². The molecule has 0 heterocycles. The van der Waals surface area contributed by atoms with Crippen LogP contribution in [0.2, 0.25) is 0 Å². The van der Waals surface area contributed by atoms with E-state index in [0.29, 0.717) is 12.0 Å². The first-order valence-corrected chi connectivity index (χ1v) is 7.69. The van der Waals surface area contributed by atoms with Crippen LogP contribution in [-0.4, -0.2) is 41.3 Å². The summed E-state index contributed by atoms with van der Waals surface area (Å²) in [4.78, 5) is 2.60. The zero-order chi connectivity index (χ0) is 13.2. The monoisotopic (exact) mass is 254 g/mol. The van der Waals surface area contributed by atoms with E-state index in [1.807, 2.05) is 0 Å². The average molecular weight is 254 g/mol. The second-order valence-electron chi connectivity index (χ2n) is 6.80. The largest absolute Gasteiger partial charge is 0.394 e. The van der Waals surface area contributed by atoms with Gasteiger partial charge in [-0.2, -0.15) is 0 Å². The highest BCUT2D eigenvalue weighted by atomic mass is 16.3. The van der Waals surface area contributed by atoms with Crippen molar-refractivity contribution in [3.05, 3.63) is 0 Å². The normalized spacial score (nSPS) is 32.7. The Morgan fingerprint density at radius 2 is 2.06 bits per heavy atom. The van der Waals surface area contributed by atoms with E-state index in [0.717, 1.165) is 25.3 Å². The minimum Gasteiger partial charge on any atom is -0.394 e. The maximum absolute atomic E-state index is 9.49. The van der Waals surface area contributed by atoms with Gasteiger partial charge in [-0.25, -0.2) is 0 Å². The van der Waals surface area contributed by atoms with Crippen molar-refractivity contribution >= 4 is 0 Å². The van der Waals surface area contributed by atoms with Crippen molar-refractivity contribution in [2.75, 3.05) is 19.7 Å². The van der Waals surface area contributed by atoms with E-state index in [2.05, 4.69) is 18.7 Å². The smallest absolute Gasteiger partial charge is 0.0613 e. The summed E-state index contributed by atoms with van der Waals surface area (Å²) in [7, 11) is 0. The van der Waals surface area contributed by atoms with Crippen molar-refractivity contribution in [3.8, 4) is 0 Å². The molecule has 2 rings (SSSR count). The average Bonchev–Trinajstić information content (AvgIpc) is 3.08. The van der Waals surface area contributed by atoms with E-state index in [1.54, 1.807) is 0 Å². The van der Waals surface area contributed by atoms with Gasteiger partial charge in [-0.05, 0) is 64.3 Å². The van der Waals surface area contributed by atoms with E-state index < -0.39 is 0 Å². The maximum atomic E-state index is 9.49. The van der Waals surface area contributed by atoms with Crippen molar-refractivity contribution < 1.29 is 5.11 Å². The molecule has 2 fully saturated rings. The molecule has 0 amide bonds. The summed E-state index contributed by atoms with van der Waals surface area (Å²) in [5.41, 5.74) is 6.02. The number of nitrogens with two attached hydrogens (primary N) is 1. The SMILES string of the molecule is CC(C)N(CCC1CCCC1(N)CO)CC1CC1. The zero-order valence-electron chi connectivity index (χ0n) is 12.1. The Bertz CT molecular complexity index is 265. The summed E-state index contributed by atoms with van der Waals surface area (Å²) in [6.45, 7) is 7.15. The fourth-order valence-corrected chi connectivity index (χ4v) is 3.32. The highest BCUT2D eigenvalue weighted by Gasteiger charge is 2.38. The Morgan fingerprint density at radius 1 is 1.33 bits per heavy atom.